The Balaban J connectivity index is 1.42. The minimum Gasteiger partial charge on any atom is -0.313 e. The molecule has 0 amide bonds. The van der Waals surface area contributed by atoms with Crippen molar-refractivity contribution in [2.75, 3.05) is 26.2 Å². The van der Waals surface area contributed by atoms with Crippen LogP contribution in [0.5, 0.6) is 0 Å². The molecule has 0 atom stereocenters. The highest BCUT2D eigenvalue weighted by Crippen LogP contribution is 2.25. The lowest BCUT2D eigenvalue weighted by Gasteiger charge is -2.14. The van der Waals surface area contributed by atoms with Crippen LogP contribution in [0.25, 0.3) is 10.1 Å². The van der Waals surface area contributed by atoms with E-state index in [1.54, 1.807) is 0 Å². The van der Waals surface area contributed by atoms with E-state index in [9.17, 15) is 0 Å². The van der Waals surface area contributed by atoms with Crippen LogP contribution in [0.1, 0.15) is 24.8 Å². The second kappa shape index (κ2) is 6.51. The standard InChI is InChI=1S/C16H22N2S/c1-2-7-16-15(6-1)14(13-19-16)12-17-8-5-11-18-9-3-4-10-18/h1-2,6-7,13,17H,3-5,8-12H2. The van der Waals surface area contributed by atoms with Crippen LogP contribution < -0.4 is 5.32 Å². The predicted octanol–water partition coefficient (Wildman–Crippen LogP) is 3.48. The largest absolute Gasteiger partial charge is 0.313 e. The Bertz CT molecular complexity index is 514. The second-order valence-electron chi connectivity index (χ2n) is 5.34. The number of rotatable bonds is 6. The van der Waals surface area contributed by atoms with Crippen molar-refractivity contribution >= 4 is 21.4 Å². The van der Waals surface area contributed by atoms with E-state index in [4.69, 9.17) is 0 Å². The molecular weight excluding hydrogens is 252 g/mol. The molecule has 1 saturated heterocycles. The Kier molecular flexibility index (Phi) is 4.49. The summed E-state index contributed by atoms with van der Waals surface area (Å²) in [6.45, 7) is 6.02. The summed E-state index contributed by atoms with van der Waals surface area (Å²) in [5.41, 5.74) is 1.45. The highest BCUT2D eigenvalue weighted by atomic mass is 32.1. The van der Waals surface area contributed by atoms with Gasteiger partial charge in [0.2, 0.25) is 0 Å². The van der Waals surface area contributed by atoms with Gasteiger partial charge in [-0.25, -0.2) is 0 Å². The van der Waals surface area contributed by atoms with Crippen LogP contribution in [0.2, 0.25) is 0 Å². The minimum absolute atomic E-state index is 1.00. The van der Waals surface area contributed by atoms with Crippen LogP contribution in [0.3, 0.4) is 0 Å². The molecule has 0 spiro atoms. The van der Waals surface area contributed by atoms with Crippen LogP contribution >= 0.6 is 11.3 Å². The van der Waals surface area contributed by atoms with E-state index in [1.165, 1.54) is 54.5 Å². The smallest absolute Gasteiger partial charge is 0.0346 e. The predicted molar refractivity (Wildman–Crippen MR) is 83.8 cm³/mol. The highest BCUT2D eigenvalue weighted by molar-refractivity contribution is 7.17. The van der Waals surface area contributed by atoms with Gasteiger partial charge < -0.3 is 10.2 Å². The Morgan fingerprint density at radius 3 is 2.89 bits per heavy atom. The Labute approximate surface area is 119 Å². The molecule has 1 N–H and O–H groups in total. The van der Waals surface area contributed by atoms with Gasteiger partial charge in [0.1, 0.15) is 0 Å². The molecule has 102 valence electrons. The summed E-state index contributed by atoms with van der Waals surface area (Å²) in [4.78, 5) is 2.58. The maximum absolute atomic E-state index is 3.58. The van der Waals surface area contributed by atoms with Gasteiger partial charge in [0.05, 0.1) is 0 Å². The van der Waals surface area contributed by atoms with Crippen LogP contribution in [-0.4, -0.2) is 31.1 Å². The lowest BCUT2D eigenvalue weighted by molar-refractivity contribution is 0.331. The van der Waals surface area contributed by atoms with Crippen molar-refractivity contribution in [1.29, 1.82) is 0 Å². The second-order valence-corrected chi connectivity index (χ2v) is 6.25. The number of benzene rings is 1. The molecule has 3 rings (SSSR count). The van der Waals surface area contributed by atoms with Crippen molar-refractivity contribution in [1.82, 2.24) is 10.2 Å². The first-order valence-corrected chi connectivity index (χ1v) is 8.19. The van der Waals surface area contributed by atoms with Gasteiger partial charge in [-0.1, -0.05) is 18.2 Å². The number of nitrogens with zero attached hydrogens (tertiary/aromatic N) is 1. The average Bonchev–Trinajstić information content (AvgIpc) is 3.08. The molecule has 1 aliphatic rings. The topological polar surface area (TPSA) is 15.3 Å². The SMILES string of the molecule is c1ccc2c(CNCCCN3CCCC3)csc2c1. The first-order valence-electron chi connectivity index (χ1n) is 7.32. The van der Waals surface area contributed by atoms with Gasteiger partial charge in [0.25, 0.3) is 0 Å². The summed E-state index contributed by atoms with van der Waals surface area (Å²) in [6, 6.07) is 8.68. The van der Waals surface area contributed by atoms with Crippen molar-refractivity contribution in [3.63, 3.8) is 0 Å². The molecule has 0 saturated carbocycles. The van der Waals surface area contributed by atoms with E-state index in [2.05, 4.69) is 39.9 Å². The van der Waals surface area contributed by atoms with Gasteiger partial charge in [0, 0.05) is 11.2 Å². The fourth-order valence-corrected chi connectivity index (χ4v) is 3.79. The summed E-state index contributed by atoms with van der Waals surface area (Å²) >= 11 is 1.85. The first-order chi connectivity index (χ1) is 9.43. The van der Waals surface area contributed by atoms with E-state index in [0.717, 1.165) is 13.1 Å². The zero-order valence-corrected chi connectivity index (χ0v) is 12.2. The van der Waals surface area contributed by atoms with Crippen LogP contribution in [0.15, 0.2) is 29.6 Å². The molecule has 1 aliphatic heterocycles. The minimum atomic E-state index is 1.00. The summed E-state index contributed by atoms with van der Waals surface area (Å²) in [7, 11) is 0. The first kappa shape index (κ1) is 13.1. The molecule has 0 radical (unpaired) electrons. The monoisotopic (exact) mass is 274 g/mol. The highest BCUT2D eigenvalue weighted by Gasteiger charge is 2.10. The lowest BCUT2D eigenvalue weighted by atomic mass is 10.2. The van der Waals surface area contributed by atoms with Gasteiger partial charge in [-0.2, -0.15) is 0 Å². The molecule has 1 fully saturated rings. The molecule has 0 bridgehead atoms. The van der Waals surface area contributed by atoms with Crippen molar-refractivity contribution in [3.8, 4) is 0 Å². The molecule has 2 heterocycles. The molecule has 3 heteroatoms. The van der Waals surface area contributed by atoms with Gasteiger partial charge in [0.15, 0.2) is 0 Å². The molecule has 19 heavy (non-hydrogen) atoms. The molecule has 0 unspecified atom stereocenters. The molecule has 2 nitrogen and oxygen atoms in total. The quantitative estimate of drug-likeness (QED) is 0.811. The van der Waals surface area contributed by atoms with E-state index < -0.39 is 0 Å². The third-order valence-corrected chi connectivity index (χ3v) is 4.92. The number of fused-ring (bicyclic) bond motifs is 1. The maximum Gasteiger partial charge on any atom is 0.0346 e. The molecule has 1 aromatic carbocycles. The fraction of sp³-hybridized carbons (Fsp3) is 0.500. The molecule has 1 aromatic heterocycles. The summed E-state index contributed by atoms with van der Waals surface area (Å²) in [5, 5.41) is 7.29. The van der Waals surface area contributed by atoms with Gasteiger partial charge in [-0.05, 0) is 67.8 Å². The van der Waals surface area contributed by atoms with Crippen molar-refractivity contribution < 1.29 is 0 Å². The zero-order valence-electron chi connectivity index (χ0n) is 11.4. The van der Waals surface area contributed by atoms with Crippen LogP contribution in [-0.2, 0) is 6.54 Å². The van der Waals surface area contributed by atoms with E-state index in [1.807, 2.05) is 11.3 Å². The number of thiophene rings is 1. The number of hydrogen-bond acceptors (Lipinski definition) is 3. The normalized spacial score (nSPS) is 16.4. The Morgan fingerprint density at radius 2 is 2.00 bits per heavy atom. The fourth-order valence-electron chi connectivity index (χ4n) is 2.83. The summed E-state index contributed by atoms with van der Waals surface area (Å²) < 4.78 is 1.40. The van der Waals surface area contributed by atoms with E-state index in [0.29, 0.717) is 0 Å². The van der Waals surface area contributed by atoms with Crippen molar-refractivity contribution in [2.24, 2.45) is 0 Å². The van der Waals surface area contributed by atoms with Crippen molar-refractivity contribution in [3.05, 3.63) is 35.2 Å². The van der Waals surface area contributed by atoms with Gasteiger partial charge >= 0.3 is 0 Å². The molecular formula is C16H22N2S. The van der Waals surface area contributed by atoms with Crippen molar-refractivity contribution in [2.45, 2.75) is 25.8 Å². The van der Waals surface area contributed by atoms with Crippen LogP contribution in [0, 0.1) is 0 Å². The zero-order chi connectivity index (χ0) is 12.9. The van der Waals surface area contributed by atoms with Crippen LogP contribution in [0.4, 0.5) is 0 Å². The number of nitrogens with one attached hydrogen (secondary N) is 1. The van der Waals surface area contributed by atoms with Gasteiger partial charge in [-0.15, -0.1) is 11.3 Å². The van der Waals surface area contributed by atoms with Gasteiger partial charge in [-0.3, -0.25) is 0 Å². The Hall–Kier alpha value is -0.900. The molecule has 0 aliphatic carbocycles. The summed E-state index contributed by atoms with van der Waals surface area (Å²) in [5.74, 6) is 0. The summed E-state index contributed by atoms with van der Waals surface area (Å²) in [6.07, 6.45) is 4.06. The lowest BCUT2D eigenvalue weighted by Crippen LogP contribution is -2.24. The number of likely N-dealkylation sites (tertiary alicyclic amines) is 1. The van der Waals surface area contributed by atoms with E-state index >= 15 is 0 Å². The average molecular weight is 274 g/mol. The maximum atomic E-state index is 3.58. The number of hydrogen-bond donors (Lipinski definition) is 1. The third-order valence-electron chi connectivity index (χ3n) is 3.90. The molecule has 2 aromatic rings. The third kappa shape index (κ3) is 3.35. The Morgan fingerprint density at radius 1 is 1.16 bits per heavy atom. The van der Waals surface area contributed by atoms with E-state index in [-0.39, 0.29) is 0 Å².